The summed E-state index contributed by atoms with van der Waals surface area (Å²) in [7, 11) is 0. The maximum atomic E-state index is 12.5. The molecule has 1 atom stereocenters. The molecular weight excluding hydrogens is 319 g/mol. The molecule has 3 nitrogen and oxygen atoms in total. The molecular formula is C17H22Cl2N2O. The van der Waals surface area contributed by atoms with Crippen molar-refractivity contribution in [2.75, 3.05) is 32.7 Å². The van der Waals surface area contributed by atoms with Gasteiger partial charge in [-0.1, -0.05) is 30.3 Å². The summed E-state index contributed by atoms with van der Waals surface area (Å²) in [6.07, 6.45) is 1.62. The second kappa shape index (κ2) is 6.03. The quantitative estimate of drug-likeness (QED) is 0.786. The van der Waals surface area contributed by atoms with E-state index in [1.165, 1.54) is 5.56 Å². The van der Waals surface area contributed by atoms with Crippen molar-refractivity contribution in [2.45, 2.75) is 24.1 Å². The van der Waals surface area contributed by atoms with E-state index in [9.17, 15) is 4.79 Å². The fraction of sp³-hybridized carbons (Fsp3) is 0.588. The Morgan fingerprint density at radius 2 is 1.73 bits per heavy atom. The summed E-state index contributed by atoms with van der Waals surface area (Å²) in [4.78, 5) is 16.9. The summed E-state index contributed by atoms with van der Waals surface area (Å²) in [5.74, 6) is 0.111. The van der Waals surface area contributed by atoms with Gasteiger partial charge in [0.05, 0.1) is 5.41 Å². The zero-order valence-electron chi connectivity index (χ0n) is 12.9. The van der Waals surface area contributed by atoms with Crippen molar-refractivity contribution in [1.29, 1.82) is 0 Å². The molecule has 1 aromatic rings. The van der Waals surface area contributed by atoms with Crippen molar-refractivity contribution in [3.63, 3.8) is 0 Å². The van der Waals surface area contributed by atoms with Crippen LogP contribution < -0.4 is 0 Å². The van der Waals surface area contributed by atoms with Crippen LogP contribution in [0.3, 0.4) is 0 Å². The van der Waals surface area contributed by atoms with Crippen LogP contribution in [-0.2, 0) is 11.2 Å². The number of amides is 1. The molecule has 0 bridgehead atoms. The van der Waals surface area contributed by atoms with Crippen LogP contribution in [0.2, 0.25) is 0 Å². The average Bonchev–Trinajstić information content (AvgIpc) is 3.06. The number of hydrogen-bond acceptors (Lipinski definition) is 2. The number of carbonyl (C=O) groups excluding carboxylic acids is 1. The lowest BCUT2D eigenvalue weighted by Crippen LogP contribution is -2.51. The SMILES string of the molecule is C[C@@]1(C(=O)N2CCN(CCc3ccccc3)CC2)CC1(Cl)Cl. The third-order valence-electron chi connectivity index (χ3n) is 4.95. The van der Waals surface area contributed by atoms with Crippen molar-refractivity contribution in [2.24, 2.45) is 5.41 Å². The summed E-state index contributed by atoms with van der Waals surface area (Å²) in [5.41, 5.74) is 0.781. The molecule has 1 aliphatic carbocycles. The van der Waals surface area contributed by atoms with Gasteiger partial charge in [-0.25, -0.2) is 0 Å². The third kappa shape index (κ3) is 3.12. The minimum atomic E-state index is -0.867. The van der Waals surface area contributed by atoms with Crippen LogP contribution in [0.5, 0.6) is 0 Å². The van der Waals surface area contributed by atoms with Gasteiger partial charge in [-0.3, -0.25) is 9.69 Å². The molecule has 1 amide bonds. The predicted octanol–water partition coefficient (Wildman–Crippen LogP) is 2.96. The Bertz CT molecular complexity index is 541. The van der Waals surface area contributed by atoms with Gasteiger partial charge in [0.2, 0.25) is 5.91 Å². The van der Waals surface area contributed by atoms with E-state index < -0.39 is 9.75 Å². The standard InChI is InChI=1S/C17H22Cl2N2O/c1-16(13-17(16,18)19)15(22)21-11-9-20(10-12-21)8-7-14-5-3-2-4-6-14/h2-6H,7-13H2,1H3/t16-/m0/s1. The average molecular weight is 341 g/mol. The zero-order valence-corrected chi connectivity index (χ0v) is 14.4. The molecule has 0 radical (unpaired) electrons. The molecule has 22 heavy (non-hydrogen) atoms. The van der Waals surface area contributed by atoms with E-state index in [0.717, 1.165) is 39.1 Å². The number of nitrogens with zero attached hydrogens (tertiary/aromatic N) is 2. The monoisotopic (exact) mass is 340 g/mol. The lowest BCUT2D eigenvalue weighted by atomic mass is 10.1. The van der Waals surface area contributed by atoms with Crippen LogP contribution in [0.25, 0.3) is 0 Å². The fourth-order valence-electron chi connectivity index (χ4n) is 3.09. The maximum absolute atomic E-state index is 12.5. The smallest absolute Gasteiger partial charge is 0.231 e. The van der Waals surface area contributed by atoms with Crippen molar-refractivity contribution in [3.05, 3.63) is 35.9 Å². The Hall–Kier alpha value is -0.770. The molecule has 1 aliphatic heterocycles. The van der Waals surface area contributed by atoms with Gasteiger partial charge in [-0.2, -0.15) is 0 Å². The highest BCUT2D eigenvalue weighted by atomic mass is 35.5. The van der Waals surface area contributed by atoms with Gasteiger partial charge in [-0.05, 0) is 25.3 Å². The first kappa shape index (κ1) is 16.1. The third-order valence-corrected chi connectivity index (χ3v) is 6.05. The molecule has 1 saturated heterocycles. The van der Waals surface area contributed by atoms with Crippen LogP contribution in [0.15, 0.2) is 30.3 Å². The lowest BCUT2D eigenvalue weighted by Gasteiger charge is -2.36. The molecule has 2 fully saturated rings. The minimum Gasteiger partial charge on any atom is -0.340 e. The molecule has 0 N–H and O–H groups in total. The van der Waals surface area contributed by atoms with Crippen molar-refractivity contribution in [1.82, 2.24) is 9.80 Å². The van der Waals surface area contributed by atoms with E-state index in [1.54, 1.807) is 0 Å². The molecule has 2 aliphatic rings. The number of alkyl halides is 2. The molecule has 1 heterocycles. The topological polar surface area (TPSA) is 23.6 Å². The van der Waals surface area contributed by atoms with Gasteiger partial charge in [0.25, 0.3) is 0 Å². The number of rotatable bonds is 4. The highest BCUT2D eigenvalue weighted by Crippen LogP contribution is 2.64. The van der Waals surface area contributed by atoms with E-state index >= 15 is 0 Å². The first-order chi connectivity index (χ1) is 10.4. The summed E-state index contributed by atoms with van der Waals surface area (Å²) in [6, 6.07) is 10.5. The predicted molar refractivity (Wildman–Crippen MR) is 90.3 cm³/mol. The molecule has 3 rings (SSSR count). The van der Waals surface area contributed by atoms with Gasteiger partial charge in [0.1, 0.15) is 4.33 Å². The Kier molecular flexibility index (Phi) is 4.41. The van der Waals surface area contributed by atoms with Gasteiger partial charge >= 0.3 is 0 Å². The fourth-order valence-corrected chi connectivity index (χ4v) is 3.78. The lowest BCUT2D eigenvalue weighted by molar-refractivity contribution is -0.138. The van der Waals surface area contributed by atoms with Gasteiger partial charge in [0.15, 0.2) is 0 Å². The van der Waals surface area contributed by atoms with E-state index in [4.69, 9.17) is 23.2 Å². The Morgan fingerprint density at radius 1 is 1.14 bits per heavy atom. The Balaban J connectivity index is 1.46. The number of hydrogen-bond donors (Lipinski definition) is 0. The number of benzene rings is 1. The summed E-state index contributed by atoms with van der Waals surface area (Å²) in [5, 5.41) is 0. The van der Waals surface area contributed by atoms with Gasteiger partial charge in [0, 0.05) is 32.7 Å². The summed E-state index contributed by atoms with van der Waals surface area (Å²) in [6.45, 7) is 6.30. The first-order valence-corrected chi connectivity index (χ1v) is 8.61. The Morgan fingerprint density at radius 3 is 2.27 bits per heavy atom. The molecule has 120 valence electrons. The van der Waals surface area contributed by atoms with Gasteiger partial charge in [-0.15, -0.1) is 23.2 Å². The second-order valence-corrected chi connectivity index (χ2v) is 8.07. The van der Waals surface area contributed by atoms with E-state index in [0.29, 0.717) is 6.42 Å². The molecule has 5 heteroatoms. The van der Waals surface area contributed by atoms with E-state index in [1.807, 2.05) is 17.9 Å². The molecule has 1 saturated carbocycles. The largest absolute Gasteiger partial charge is 0.340 e. The van der Waals surface area contributed by atoms with Crippen LogP contribution in [-0.4, -0.2) is 52.8 Å². The highest BCUT2D eigenvalue weighted by molar-refractivity contribution is 6.53. The number of carbonyl (C=O) groups is 1. The summed E-state index contributed by atoms with van der Waals surface area (Å²) >= 11 is 12.2. The van der Waals surface area contributed by atoms with Crippen molar-refractivity contribution < 1.29 is 4.79 Å². The molecule has 0 spiro atoms. The van der Waals surface area contributed by atoms with E-state index in [-0.39, 0.29) is 5.91 Å². The van der Waals surface area contributed by atoms with E-state index in [2.05, 4.69) is 29.2 Å². The van der Waals surface area contributed by atoms with Crippen LogP contribution >= 0.6 is 23.2 Å². The first-order valence-electron chi connectivity index (χ1n) is 7.86. The van der Waals surface area contributed by atoms with Crippen LogP contribution in [0, 0.1) is 5.41 Å². The number of halogens is 2. The summed E-state index contributed by atoms with van der Waals surface area (Å²) < 4.78 is -0.867. The van der Waals surface area contributed by atoms with Crippen LogP contribution in [0.4, 0.5) is 0 Å². The van der Waals surface area contributed by atoms with Gasteiger partial charge < -0.3 is 4.90 Å². The number of piperazine rings is 1. The molecule has 0 unspecified atom stereocenters. The van der Waals surface area contributed by atoms with Crippen molar-refractivity contribution in [3.8, 4) is 0 Å². The van der Waals surface area contributed by atoms with Crippen molar-refractivity contribution >= 4 is 29.1 Å². The Labute approximate surface area is 142 Å². The highest BCUT2D eigenvalue weighted by Gasteiger charge is 2.68. The maximum Gasteiger partial charge on any atom is 0.231 e. The normalized spacial score (nSPS) is 27.7. The zero-order chi connectivity index (χ0) is 15.8. The van der Waals surface area contributed by atoms with Crippen LogP contribution in [0.1, 0.15) is 18.9 Å². The second-order valence-electron chi connectivity index (χ2n) is 6.58. The minimum absolute atomic E-state index is 0.111. The molecule has 0 aromatic heterocycles. The molecule has 1 aromatic carbocycles.